The van der Waals surface area contributed by atoms with Crippen LogP contribution in [0.5, 0.6) is 0 Å². The minimum atomic E-state index is 0.519. The third-order valence-electron chi connectivity index (χ3n) is 4.33. The van der Waals surface area contributed by atoms with Crippen LogP contribution in [-0.2, 0) is 0 Å². The maximum absolute atomic E-state index is 2.50. The summed E-state index contributed by atoms with van der Waals surface area (Å²) in [6.07, 6.45) is 18.3. The number of hydrogen-bond donors (Lipinski definition) is 0. The molecule has 0 bridgehead atoms. The lowest BCUT2D eigenvalue weighted by Crippen LogP contribution is -2.35. The molecular weight excluding hydrogens is 144 g/mol. The average Bonchev–Trinajstić information content (AvgIpc) is 2.57. The van der Waals surface area contributed by atoms with Crippen molar-refractivity contribution in [1.29, 1.82) is 0 Å². The molecule has 0 aromatic carbocycles. The third-order valence-corrected chi connectivity index (χ3v) is 4.33. The predicted octanol–water partition coefficient (Wildman–Crippen LogP) is 3.45. The quantitative estimate of drug-likeness (QED) is 0.476. The lowest BCUT2D eigenvalue weighted by atomic mass is 9.59. The number of rotatable bonds is 0. The summed E-state index contributed by atoms with van der Waals surface area (Å²) in [5.74, 6) is 0. The summed E-state index contributed by atoms with van der Waals surface area (Å²) < 4.78 is 0. The van der Waals surface area contributed by atoms with Crippen LogP contribution >= 0.6 is 0 Å². The van der Waals surface area contributed by atoms with E-state index in [1.54, 1.807) is 0 Å². The molecule has 0 heteroatoms. The van der Waals surface area contributed by atoms with Crippen LogP contribution in [0, 0.1) is 10.8 Å². The molecule has 3 rings (SSSR count). The van der Waals surface area contributed by atoms with E-state index in [1.165, 1.54) is 38.5 Å². The van der Waals surface area contributed by atoms with Crippen molar-refractivity contribution in [1.82, 2.24) is 0 Å². The minimum absolute atomic E-state index is 0.519. The van der Waals surface area contributed by atoms with Crippen molar-refractivity contribution in [2.75, 3.05) is 0 Å². The fourth-order valence-corrected chi connectivity index (χ4v) is 3.61. The molecule has 0 radical (unpaired) electrons. The first kappa shape index (κ1) is 6.94. The van der Waals surface area contributed by atoms with Gasteiger partial charge in [-0.2, -0.15) is 0 Å². The summed E-state index contributed by atoms with van der Waals surface area (Å²) in [6.45, 7) is 0. The SMILES string of the molecule is C1=CC23C=CCC2(C1)CCCC3. The molecule has 0 saturated heterocycles. The molecule has 3 aliphatic carbocycles. The molecule has 0 aromatic heterocycles. The van der Waals surface area contributed by atoms with E-state index in [9.17, 15) is 0 Å². The zero-order valence-electron chi connectivity index (χ0n) is 7.55. The topological polar surface area (TPSA) is 0 Å². The van der Waals surface area contributed by atoms with Gasteiger partial charge in [0.05, 0.1) is 0 Å². The van der Waals surface area contributed by atoms with Gasteiger partial charge in [0.1, 0.15) is 0 Å². The van der Waals surface area contributed by atoms with Gasteiger partial charge in [-0.15, -0.1) is 0 Å². The Kier molecular flexibility index (Phi) is 1.18. The molecule has 1 fully saturated rings. The Morgan fingerprint density at radius 2 is 1.50 bits per heavy atom. The van der Waals surface area contributed by atoms with Crippen molar-refractivity contribution in [2.24, 2.45) is 10.8 Å². The second-order valence-corrected chi connectivity index (χ2v) is 4.74. The molecule has 0 N–H and O–H groups in total. The number of allylic oxidation sites excluding steroid dienone is 4. The maximum Gasteiger partial charge on any atom is 0.0123 e. The summed E-state index contributed by atoms with van der Waals surface area (Å²) >= 11 is 0. The molecule has 3 aliphatic rings. The summed E-state index contributed by atoms with van der Waals surface area (Å²) in [7, 11) is 0. The highest BCUT2D eigenvalue weighted by atomic mass is 14.6. The van der Waals surface area contributed by atoms with Gasteiger partial charge in [-0.25, -0.2) is 0 Å². The maximum atomic E-state index is 2.50. The van der Waals surface area contributed by atoms with Gasteiger partial charge in [0.2, 0.25) is 0 Å². The van der Waals surface area contributed by atoms with Gasteiger partial charge in [-0.05, 0) is 31.1 Å². The highest BCUT2D eigenvalue weighted by Crippen LogP contribution is 2.63. The van der Waals surface area contributed by atoms with E-state index in [-0.39, 0.29) is 0 Å². The Morgan fingerprint density at radius 3 is 2.17 bits per heavy atom. The summed E-state index contributed by atoms with van der Waals surface area (Å²) in [5.41, 5.74) is 1.18. The molecular formula is C12H16. The third kappa shape index (κ3) is 0.608. The standard InChI is InChI=1S/C12H16/c1-2-6-12-9-3-7-11(12,5-1)8-4-10-12/h3-4,7-8H,1-2,5-6,9-10H2. The van der Waals surface area contributed by atoms with Crippen molar-refractivity contribution in [3.8, 4) is 0 Å². The van der Waals surface area contributed by atoms with E-state index >= 15 is 0 Å². The lowest BCUT2D eigenvalue weighted by Gasteiger charge is -2.44. The van der Waals surface area contributed by atoms with Crippen molar-refractivity contribution in [3.63, 3.8) is 0 Å². The molecule has 0 aliphatic heterocycles. The highest BCUT2D eigenvalue weighted by molar-refractivity contribution is 5.31. The molecule has 0 heterocycles. The van der Waals surface area contributed by atoms with Gasteiger partial charge >= 0.3 is 0 Å². The van der Waals surface area contributed by atoms with Crippen LogP contribution in [0.2, 0.25) is 0 Å². The van der Waals surface area contributed by atoms with Gasteiger partial charge in [0.15, 0.2) is 0 Å². The van der Waals surface area contributed by atoms with Gasteiger partial charge in [0, 0.05) is 5.41 Å². The molecule has 0 nitrogen and oxygen atoms in total. The highest BCUT2D eigenvalue weighted by Gasteiger charge is 2.52. The summed E-state index contributed by atoms with van der Waals surface area (Å²) in [6, 6.07) is 0. The molecule has 0 amide bonds. The van der Waals surface area contributed by atoms with E-state index in [1.807, 2.05) is 0 Å². The number of hydrogen-bond acceptors (Lipinski definition) is 0. The van der Waals surface area contributed by atoms with E-state index in [0.29, 0.717) is 10.8 Å². The fourth-order valence-electron chi connectivity index (χ4n) is 3.61. The monoisotopic (exact) mass is 160 g/mol. The van der Waals surface area contributed by atoms with Gasteiger partial charge < -0.3 is 0 Å². The van der Waals surface area contributed by atoms with Crippen molar-refractivity contribution in [3.05, 3.63) is 24.3 Å². The van der Waals surface area contributed by atoms with Gasteiger partial charge in [0.25, 0.3) is 0 Å². The largest absolute Gasteiger partial charge is 0.0870 e. The average molecular weight is 160 g/mol. The normalized spacial score (nSPS) is 49.3. The van der Waals surface area contributed by atoms with Crippen LogP contribution in [0.3, 0.4) is 0 Å². The smallest absolute Gasteiger partial charge is 0.0123 e. The first-order valence-electron chi connectivity index (χ1n) is 5.22. The zero-order valence-corrected chi connectivity index (χ0v) is 7.55. The summed E-state index contributed by atoms with van der Waals surface area (Å²) in [5, 5.41) is 0. The van der Waals surface area contributed by atoms with E-state index in [0.717, 1.165) is 0 Å². The lowest BCUT2D eigenvalue weighted by molar-refractivity contribution is 0.103. The van der Waals surface area contributed by atoms with E-state index in [2.05, 4.69) is 24.3 Å². The van der Waals surface area contributed by atoms with Crippen LogP contribution < -0.4 is 0 Å². The van der Waals surface area contributed by atoms with Crippen molar-refractivity contribution < 1.29 is 0 Å². The molecule has 0 spiro atoms. The molecule has 1 saturated carbocycles. The van der Waals surface area contributed by atoms with E-state index in [4.69, 9.17) is 0 Å². The molecule has 64 valence electrons. The van der Waals surface area contributed by atoms with Crippen LogP contribution in [-0.4, -0.2) is 0 Å². The Hall–Kier alpha value is -0.520. The van der Waals surface area contributed by atoms with Crippen LogP contribution in [0.15, 0.2) is 24.3 Å². The van der Waals surface area contributed by atoms with Crippen LogP contribution in [0.4, 0.5) is 0 Å². The van der Waals surface area contributed by atoms with Gasteiger partial charge in [-0.1, -0.05) is 37.1 Å². The molecule has 0 atom stereocenters. The first-order chi connectivity index (χ1) is 5.87. The van der Waals surface area contributed by atoms with Crippen LogP contribution in [0.1, 0.15) is 38.5 Å². The van der Waals surface area contributed by atoms with Crippen molar-refractivity contribution >= 4 is 0 Å². The Morgan fingerprint density at radius 1 is 0.833 bits per heavy atom. The zero-order chi connectivity index (χ0) is 8.07. The van der Waals surface area contributed by atoms with E-state index < -0.39 is 0 Å². The predicted molar refractivity (Wildman–Crippen MR) is 50.8 cm³/mol. The second kappa shape index (κ2) is 2.04. The first-order valence-corrected chi connectivity index (χ1v) is 5.22. The Balaban J connectivity index is 2.08. The minimum Gasteiger partial charge on any atom is -0.0870 e. The Labute approximate surface area is 74.4 Å². The van der Waals surface area contributed by atoms with Crippen molar-refractivity contribution in [2.45, 2.75) is 38.5 Å². The summed E-state index contributed by atoms with van der Waals surface area (Å²) in [4.78, 5) is 0. The molecule has 0 unspecified atom stereocenters. The Bertz CT molecular complexity index is 241. The van der Waals surface area contributed by atoms with Gasteiger partial charge in [-0.3, -0.25) is 0 Å². The fraction of sp³-hybridized carbons (Fsp3) is 0.667. The molecule has 0 aromatic rings. The molecule has 12 heavy (non-hydrogen) atoms. The van der Waals surface area contributed by atoms with Crippen LogP contribution in [0.25, 0.3) is 0 Å². The second-order valence-electron chi connectivity index (χ2n) is 4.74.